The molecule has 6 nitrogen and oxygen atoms in total. The molecule has 1 amide bonds. The van der Waals surface area contributed by atoms with Crippen LogP contribution in [0.5, 0.6) is 0 Å². The topological polar surface area (TPSA) is 72.7 Å². The molecule has 0 spiro atoms. The Bertz CT molecular complexity index is 888. The number of aryl methyl sites for hydroxylation is 1. The minimum Gasteiger partial charge on any atom is -0.324 e. The van der Waals surface area contributed by atoms with Gasteiger partial charge in [-0.3, -0.25) is 9.78 Å². The van der Waals surface area contributed by atoms with Gasteiger partial charge in [0, 0.05) is 23.5 Å². The van der Waals surface area contributed by atoms with Crippen LogP contribution in [0.15, 0.2) is 48.8 Å². The SMILES string of the molecule is Cc1cc(C2CC2)n(-c2ccc(NC(=O)Cc3ccccn3)cn2)n1.Cl. The summed E-state index contributed by atoms with van der Waals surface area (Å²) >= 11 is 0. The summed E-state index contributed by atoms with van der Waals surface area (Å²) in [5, 5.41) is 7.40. The van der Waals surface area contributed by atoms with E-state index in [4.69, 9.17) is 0 Å². The van der Waals surface area contributed by atoms with Gasteiger partial charge in [0.1, 0.15) is 0 Å². The molecule has 1 saturated carbocycles. The summed E-state index contributed by atoms with van der Waals surface area (Å²) in [6, 6.07) is 11.4. The molecular formula is C19H20ClN5O. The normalized spacial score (nSPS) is 13.1. The van der Waals surface area contributed by atoms with Crippen LogP contribution in [-0.2, 0) is 11.2 Å². The van der Waals surface area contributed by atoms with E-state index in [1.165, 1.54) is 18.5 Å². The first-order valence-corrected chi connectivity index (χ1v) is 8.42. The Morgan fingerprint density at radius 3 is 2.73 bits per heavy atom. The Kier molecular flexibility index (Phi) is 5.32. The maximum Gasteiger partial charge on any atom is 0.230 e. The minimum atomic E-state index is -0.109. The number of amides is 1. The highest BCUT2D eigenvalue weighted by atomic mass is 35.5. The van der Waals surface area contributed by atoms with Crippen LogP contribution in [0, 0.1) is 6.92 Å². The van der Waals surface area contributed by atoms with Gasteiger partial charge in [0.25, 0.3) is 0 Å². The quantitative estimate of drug-likeness (QED) is 0.747. The van der Waals surface area contributed by atoms with Crippen molar-refractivity contribution in [3.8, 4) is 5.82 Å². The summed E-state index contributed by atoms with van der Waals surface area (Å²) in [6.07, 6.45) is 6.02. The number of rotatable bonds is 5. The largest absolute Gasteiger partial charge is 0.324 e. The van der Waals surface area contributed by atoms with Crippen molar-refractivity contribution in [1.29, 1.82) is 0 Å². The molecule has 0 bridgehead atoms. The zero-order chi connectivity index (χ0) is 17.2. The first-order chi connectivity index (χ1) is 12.2. The van der Waals surface area contributed by atoms with Gasteiger partial charge in [-0.25, -0.2) is 9.67 Å². The van der Waals surface area contributed by atoms with Gasteiger partial charge in [-0.1, -0.05) is 6.07 Å². The van der Waals surface area contributed by atoms with Gasteiger partial charge in [0.15, 0.2) is 5.82 Å². The average molecular weight is 370 g/mol. The van der Waals surface area contributed by atoms with Crippen LogP contribution >= 0.6 is 12.4 Å². The van der Waals surface area contributed by atoms with Crippen LogP contribution in [-0.4, -0.2) is 25.7 Å². The number of hydrogen-bond acceptors (Lipinski definition) is 4. The Hall–Kier alpha value is -2.73. The highest BCUT2D eigenvalue weighted by Gasteiger charge is 2.28. The molecule has 3 aromatic rings. The number of carbonyl (C=O) groups excluding carboxylic acids is 1. The van der Waals surface area contributed by atoms with Crippen LogP contribution in [0.3, 0.4) is 0 Å². The molecule has 0 unspecified atom stereocenters. The van der Waals surface area contributed by atoms with Crippen LogP contribution < -0.4 is 5.32 Å². The molecule has 7 heteroatoms. The van der Waals surface area contributed by atoms with Crippen LogP contribution in [0.2, 0.25) is 0 Å². The molecule has 3 heterocycles. The van der Waals surface area contributed by atoms with Gasteiger partial charge in [-0.15, -0.1) is 12.4 Å². The third-order valence-electron chi connectivity index (χ3n) is 4.17. The summed E-state index contributed by atoms with van der Waals surface area (Å²) in [4.78, 5) is 20.7. The molecule has 134 valence electrons. The number of nitrogens with one attached hydrogen (secondary N) is 1. The van der Waals surface area contributed by atoms with E-state index in [1.807, 2.05) is 41.9 Å². The van der Waals surface area contributed by atoms with Crippen molar-refractivity contribution in [3.05, 3.63) is 65.9 Å². The highest BCUT2D eigenvalue weighted by Crippen LogP contribution is 2.40. The van der Waals surface area contributed by atoms with Gasteiger partial charge in [-0.2, -0.15) is 5.10 Å². The van der Waals surface area contributed by atoms with E-state index in [2.05, 4.69) is 26.4 Å². The second-order valence-corrected chi connectivity index (χ2v) is 6.35. The van der Waals surface area contributed by atoms with Crippen molar-refractivity contribution < 1.29 is 4.79 Å². The molecule has 26 heavy (non-hydrogen) atoms. The number of halogens is 1. The summed E-state index contributed by atoms with van der Waals surface area (Å²) < 4.78 is 1.91. The van der Waals surface area contributed by atoms with Crippen molar-refractivity contribution in [1.82, 2.24) is 19.7 Å². The molecule has 1 aliphatic carbocycles. The van der Waals surface area contributed by atoms with Gasteiger partial charge in [0.2, 0.25) is 5.91 Å². The zero-order valence-corrected chi connectivity index (χ0v) is 15.2. The van der Waals surface area contributed by atoms with Crippen LogP contribution in [0.25, 0.3) is 5.82 Å². The maximum atomic E-state index is 12.1. The molecule has 1 N–H and O–H groups in total. The first kappa shape index (κ1) is 18.1. The number of carbonyl (C=O) groups is 1. The molecule has 0 aromatic carbocycles. The summed E-state index contributed by atoms with van der Waals surface area (Å²) in [7, 11) is 0. The Morgan fingerprint density at radius 1 is 1.23 bits per heavy atom. The first-order valence-electron chi connectivity index (χ1n) is 8.42. The lowest BCUT2D eigenvalue weighted by atomic mass is 10.2. The minimum absolute atomic E-state index is 0. The average Bonchev–Trinajstić information content (AvgIpc) is 3.38. The van der Waals surface area contributed by atoms with Crippen molar-refractivity contribution >= 4 is 24.0 Å². The second-order valence-electron chi connectivity index (χ2n) is 6.35. The third-order valence-corrected chi connectivity index (χ3v) is 4.17. The van der Waals surface area contributed by atoms with Crippen molar-refractivity contribution in [3.63, 3.8) is 0 Å². The van der Waals surface area contributed by atoms with Gasteiger partial charge < -0.3 is 5.32 Å². The Balaban J connectivity index is 0.00000196. The number of aromatic nitrogens is 4. The fourth-order valence-corrected chi connectivity index (χ4v) is 2.83. The lowest BCUT2D eigenvalue weighted by Crippen LogP contribution is -2.15. The maximum absolute atomic E-state index is 12.1. The van der Waals surface area contributed by atoms with Gasteiger partial charge in [0.05, 0.1) is 24.0 Å². The fraction of sp³-hybridized carbons (Fsp3) is 0.263. The summed E-state index contributed by atoms with van der Waals surface area (Å²) in [6.45, 7) is 1.99. The number of anilines is 1. The molecule has 3 aromatic heterocycles. The molecule has 1 fully saturated rings. The predicted molar refractivity (Wildman–Crippen MR) is 102 cm³/mol. The van der Waals surface area contributed by atoms with Crippen molar-refractivity contribution in [2.24, 2.45) is 0 Å². The fourth-order valence-electron chi connectivity index (χ4n) is 2.83. The smallest absolute Gasteiger partial charge is 0.230 e. The molecule has 1 aliphatic rings. The monoisotopic (exact) mass is 369 g/mol. The van der Waals surface area contributed by atoms with Crippen molar-refractivity contribution in [2.75, 3.05) is 5.32 Å². The lowest BCUT2D eigenvalue weighted by molar-refractivity contribution is -0.115. The molecule has 4 rings (SSSR count). The van der Waals surface area contributed by atoms with E-state index < -0.39 is 0 Å². The molecule has 0 aliphatic heterocycles. The molecule has 0 atom stereocenters. The zero-order valence-electron chi connectivity index (χ0n) is 14.4. The second kappa shape index (κ2) is 7.66. The van der Waals surface area contributed by atoms with E-state index in [-0.39, 0.29) is 24.7 Å². The van der Waals surface area contributed by atoms with E-state index in [0.29, 0.717) is 11.6 Å². The standard InChI is InChI=1S/C19H19N5O.ClH/c1-13-10-17(14-5-6-14)24(23-13)18-8-7-16(12-21-18)22-19(25)11-15-4-2-3-9-20-15;/h2-4,7-10,12,14H,5-6,11H2,1H3,(H,22,25);1H. The van der Waals surface area contributed by atoms with E-state index in [0.717, 1.165) is 17.2 Å². The Morgan fingerprint density at radius 2 is 2.08 bits per heavy atom. The van der Waals surface area contributed by atoms with E-state index in [1.54, 1.807) is 12.4 Å². The lowest BCUT2D eigenvalue weighted by Gasteiger charge is -2.08. The highest BCUT2D eigenvalue weighted by molar-refractivity contribution is 5.91. The Labute approximate surface area is 158 Å². The number of pyridine rings is 2. The van der Waals surface area contributed by atoms with Crippen molar-refractivity contribution in [2.45, 2.75) is 32.1 Å². The number of hydrogen-bond donors (Lipinski definition) is 1. The third kappa shape index (κ3) is 4.08. The van der Waals surface area contributed by atoms with Gasteiger partial charge >= 0.3 is 0 Å². The molecule has 0 radical (unpaired) electrons. The molecular weight excluding hydrogens is 350 g/mol. The van der Waals surface area contributed by atoms with Crippen LogP contribution in [0.4, 0.5) is 5.69 Å². The van der Waals surface area contributed by atoms with E-state index >= 15 is 0 Å². The summed E-state index contributed by atoms with van der Waals surface area (Å²) in [5.74, 6) is 1.26. The molecule has 0 saturated heterocycles. The van der Waals surface area contributed by atoms with Gasteiger partial charge in [-0.05, 0) is 50.1 Å². The predicted octanol–water partition coefficient (Wildman–Crippen LogP) is 3.45. The number of nitrogens with zero attached hydrogens (tertiary/aromatic N) is 4. The van der Waals surface area contributed by atoms with Crippen LogP contribution in [0.1, 0.15) is 35.8 Å². The van der Waals surface area contributed by atoms with E-state index in [9.17, 15) is 4.79 Å². The summed E-state index contributed by atoms with van der Waals surface area (Å²) in [5.41, 5.74) is 3.63.